The van der Waals surface area contributed by atoms with E-state index in [9.17, 15) is 14.4 Å². The first-order valence-electron chi connectivity index (χ1n) is 14.9. The second-order valence-corrected chi connectivity index (χ2v) is 12.8. The molecule has 0 fully saturated rings. The van der Waals surface area contributed by atoms with E-state index in [1.165, 1.54) is 27.6 Å². The quantitative estimate of drug-likeness (QED) is 0.147. The third-order valence-electron chi connectivity index (χ3n) is 7.26. The maximum atomic E-state index is 13.7. The number of hydrogen-bond donors (Lipinski definition) is 3. The van der Waals surface area contributed by atoms with E-state index in [1.807, 2.05) is 79.9 Å². The van der Waals surface area contributed by atoms with Gasteiger partial charge in [-0.1, -0.05) is 74.5 Å². The largest absolute Gasteiger partial charge is 0.444 e. The van der Waals surface area contributed by atoms with Gasteiger partial charge in [-0.2, -0.15) is 0 Å². The van der Waals surface area contributed by atoms with Crippen molar-refractivity contribution in [2.45, 2.75) is 64.4 Å². The maximum absolute atomic E-state index is 13.7. The summed E-state index contributed by atoms with van der Waals surface area (Å²) in [6, 6.07) is 18.0. The Balaban J connectivity index is 1.43. The van der Waals surface area contributed by atoms with Crippen molar-refractivity contribution in [3.05, 3.63) is 105 Å². The lowest BCUT2D eigenvalue weighted by Gasteiger charge is -2.28. The zero-order valence-electron chi connectivity index (χ0n) is 25.7. The maximum Gasteiger partial charge on any atom is 0.407 e. The lowest BCUT2D eigenvalue weighted by atomic mass is 9.95. The molecule has 0 aliphatic rings. The van der Waals surface area contributed by atoms with Crippen LogP contribution in [0.1, 0.15) is 54.4 Å². The Kier molecular flexibility index (Phi) is 12.9. The first-order valence-corrected chi connectivity index (χ1v) is 16.7. The highest BCUT2D eigenvalue weighted by Gasteiger charge is 2.28. The van der Waals surface area contributed by atoms with E-state index >= 15 is 0 Å². The minimum atomic E-state index is -0.749. The zero-order chi connectivity index (χ0) is 32.0. The van der Waals surface area contributed by atoms with Gasteiger partial charge in [0.15, 0.2) is 0 Å². The summed E-state index contributed by atoms with van der Waals surface area (Å²) in [5.74, 6) is -0.426. The number of carbonyl (C=O) groups excluding carboxylic acids is 3. The lowest BCUT2D eigenvalue weighted by Crippen LogP contribution is -2.53. The second kappa shape index (κ2) is 17.3. The lowest BCUT2D eigenvalue weighted by molar-refractivity contribution is -0.124. The van der Waals surface area contributed by atoms with Crippen LogP contribution in [0, 0.1) is 5.92 Å². The number of benzene rings is 2. The van der Waals surface area contributed by atoms with Crippen LogP contribution in [0.25, 0.3) is 0 Å². The Bertz CT molecular complexity index is 1450. The smallest absolute Gasteiger partial charge is 0.407 e. The van der Waals surface area contributed by atoms with E-state index in [0.717, 1.165) is 21.7 Å². The Hall–Kier alpha value is -4.29. The highest BCUT2D eigenvalue weighted by atomic mass is 32.1. The molecule has 12 heteroatoms. The molecule has 0 unspecified atom stereocenters. The van der Waals surface area contributed by atoms with Crippen molar-refractivity contribution in [2.75, 3.05) is 7.05 Å². The number of carbonyl (C=O) groups is 3. The SMILES string of the molecule is CC(C)[C@H](NC(=O)N(C)Cc1cscn1)C(=O)N[C@H](CC[C@H](Cc1ccccc1)NC(=O)OCc1cncs1)c1ccccc1. The number of nitrogens with one attached hydrogen (secondary N) is 3. The normalized spacial score (nSPS) is 13.0. The Morgan fingerprint density at radius 2 is 1.67 bits per heavy atom. The molecule has 0 spiro atoms. The van der Waals surface area contributed by atoms with Crippen molar-refractivity contribution >= 4 is 40.7 Å². The number of urea groups is 1. The van der Waals surface area contributed by atoms with Gasteiger partial charge in [0.05, 0.1) is 34.2 Å². The molecule has 4 aromatic rings. The van der Waals surface area contributed by atoms with Crippen LogP contribution in [0.3, 0.4) is 0 Å². The summed E-state index contributed by atoms with van der Waals surface area (Å²) in [5.41, 5.74) is 6.23. The number of ether oxygens (including phenoxy) is 1. The third-order valence-corrected chi connectivity index (χ3v) is 8.64. The molecule has 2 heterocycles. The molecule has 0 aliphatic carbocycles. The number of amides is 4. The first kappa shape index (κ1) is 33.6. The van der Waals surface area contributed by atoms with E-state index in [-0.39, 0.29) is 36.5 Å². The Labute approximate surface area is 272 Å². The molecule has 0 saturated heterocycles. The number of nitrogens with zero attached hydrogens (tertiary/aromatic N) is 3. The predicted molar refractivity (Wildman–Crippen MR) is 177 cm³/mol. The van der Waals surface area contributed by atoms with Crippen LogP contribution in [-0.2, 0) is 29.1 Å². The third kappa shape index (κ3) is 11.0. The summed E-state index contributed by atoms with van der Waals surface area (Å²) in [6.07, 6.45) is 2.89. The summed E-state index contributed by atoms with van der Waals surface area (Å²) in [7, 11) is 1.68. The highest BCUT2D eigenvalue weighted by Crippen LogP contribution is 2.22. The second-order valence-electron chi connectivity index (χ2n) is 11.1. The zero-order valence-corrected chi connectivity index (χ0v) is 27.4. The molecule has 0 saturated carbocycles. The number of aromatic nitrogens is 2. The van der Waals surface area contributed by atoms with Gasteiger partial charge in [0, 0.05) is 24.7 Å². The van der Waals surface area contributed by atoms with Gasteiger partial charge in [-0.15, -0.1) is 22.7 Å². The summed E-state index contributed by atoms with van der Waals surface area (Å²) < 4.78 is 5.46. The van der Waals surface area contributed by atoms with Gasteiger partial charge in [-0.25, -0.2) is 14.6 Å². The molecule has 10 nitrogen and oxygen atoms in total. The van der Waals surface area contributed by atoms with Gasteiger partial charge >= 0.3 is 12.1 Å². The van der Waals surface area contributed by atoms with Crippen molar-refractivity contribution < 1.29 is 19.1 Å². The van der Waals surface area contributed by atoms with Crippen LogP contribution in [-0.4, -0.2) is 52.0 Å². The number of thiazole rings is 2. The van der Waals surface area contributed by atoms with Crippen molar-refractivity contribution in [3.8, 4) is 0 Å². The number of hydrogen-bond acceptors (Lipinski definition) is 8. The molecule has 45 heavy (non-hydrogen) atoms. The fourth-order valence-corrected chi connectivity index (χ4v) is 5.88. The Morgan fingerprint density at radius 1 is 0.933 bits per heavy atom. The molecule has 3 N–H and O–H groups in total. The molecule has 0 radical (unpaired) electrons. The molecule has 238 valence electrons. The summed E-state index contributed by atoms with van der Waals surface area (Å²) >= 11 is 2.89. The topological polar surface area (TPSA) is 126 Å². The summed E-state index contributed by atoms with van der Waals surface area (Å²) in [5, 5.41) is 11.0. The van der Waals surface area contributed by atoms with Crippen molar-refractivity contribution in [1.82, 2.24) is 30.8 Å². The number of alkyl carbamates (subject to hydrolysis) is 1. The minimum absolute atomic E-state index is 0.151. The van der Waals surface area contributed by atoms with Crippen LogP contribution in [0.4, 0.5) is 9.59 Å². The average molecular weight is 649 g/mol. The van der Waals surface area contributed by atoms with Gasteiger partial charge in [-0.05, 0) is 36.3 Å². The molecule has 2 aromatic carbocycles. The average Bonchev–Trinajstić information content (AvgIpc) is 3.76. The van der Waals surface area contributed by atoms with E-state index in [4.69, 9.17) is 4.74 Å². The molecule has 4 amide bonds. The standard InChI is InChI=1S/C33H40N6O4S2/c1-23(2)30(38-32(41)39(3)18-27-20-44-22-35-27)31(40)37-29(25-12-8-5-9-13-25)15-14-26(16-24-10-6-4-7-11-24)36-33(42)43-19-28-17-34-21-45-28/h4-13,17,20-23,26,29-30H,14-16,18-19H2,1-3H3,(H,36,42)(H,37,40)(H,38,41)/t26-,29-,30+/m1/s1. The highest BCUT2D eigenvalue weighted by molar-refractivity contribution is 7.09. The minimum Gasteiger partial charge on any atom is -0.444 e. The molecule has 0 aliphatic heterocycles. The Morgan fingerprint density at radius 3 is 2.31 bits per heavy atom. The molecule has 0 bridgehead atoms. The van der Waals surface area contributed by atoms with Crippen LogP contribution in [0.2, 0.25) is 0 Å². The van der Waals surface area contributed by atoms with Crippen LogP contribution in [0.5, 0.6) is 0 Å². The van der Waals surface area contributed by atoms with Crippen molar-refractivity contribution in [3.63, 3.8) is 0 Å². The van der Waals surface area contributed by atoms with Crippen molar-refractivity contribution in [1.29, 1.82) is 0 Å². The fourth-order valence-electron chi connectivity index (χ4n) is 4.83. The molecular weight excluding hydrogens is 609 g/mol. The van der Waals surface area contributed by atoms with Gasteiger partial charge in [-0.3, -0.25) is 9.78 Å². The summed E-state index contributed by atoms with van der Waals surface area (Å²) in [6.45, 7) is 4.30. The summed E-state index contributed by atoms with van der Waals surface area (Å²) in [4.78, 5) is 50.2. The van der Waals surface area contributed by atoms with Gasteiger partial charge < -0.3 is 25.6 Å². The van der Waals surface area contributed by atoms with Gasteiger partial charge in [0.25, 0.3) is 0 Å². The molecule has 4 rings (SSSR count). The van der Waals surface area contributed by atoms with Crippen LogP contribution in [0.15, 0.2) is 83.3 Å². The predicted octanol–water partition coefficient (Wildman–Crippen LogP) is 5.94. The van der Waals surface area contributed by atoms with Crippen LogP contribution >= 0.6 is 22.7 Å². The fraction of sp³-hybridized carbons (Fsp3) is 0.364. The van der Waals surface area contributed by atoms with E-state index in [2.05, 4.69) is 25.9 Å². The monoisotopic (exact) mass is 648 g/mol. The van der Waals surface area contributed by atoms with Gasteiger partial charge in [0.2, 0.25) is 5.91 Å². The molecular formula is C33H40N6O4S2. The molecule has 3 atom stereocenters. The van der Waals surface area contributed by atoms with Crippen LogP contribution < -0.4 is 16.0 Å². The van der Waals surface area contributed by atoms with Gasteiger partial charge in [0.1, 0.15) is 12.6 Å². The van der Waals surface area contributed by atoms with E-state index in [0.29, 0.717) is 25.8 Å². The molecule has 2 aromatic heterocycles. The number of rotatable bonds is 15. The van der Waals surface area contributed by atoms with E-state index < -0.39 is 12.1 Å². The first-order chi connectivity index (χ1) is 21.8. The van der Waals surface area contributed by atoms with Crippen molar-refractivity contribution in [2.24, 2.45) is 5.92 Å². The van der Waals surface area contributed by atoms with E-state index in [1.54, 1.807) is 24.3 Å².